The van der Waals surface area contributed by atoms with Gasteiger partial charge in [0.15, 0.2) is 17.5 Å². The molecule has 0 fully saturated rings. The Morgan fingerprint density at radius 1 is 0.355 bits per heavy atom. The van der Waals surface area contributed by atoms with E-state index in [-0.39, 0.29) is 0 Å². The van der Waals surface area contributed by atoms with Crippen molar-refractivity contribution < 1.29 is 4.74 Å². The topological polar surface area (TPSA) is 71.7 Å². The fourth-order valence-corrected chi connectivity index (χ4v) is 9.67. The maximum Gasteiger partial charge on any atom is 0.164 e. The Labute approximate surface area is 358 Å². The van der Waals surface area contributed by atoms with E-state index in [1.165, 1.54) is 22.3 Å². The van der Waals surface area contributed by atoms with Crippen molar-refractivity contribution in [3.05, 3.63) is 234 Å². The summed E-state index contributed by atoms with van der Waals surface area (Å²) in [5, 5.41) is 12.0. The van der Waals surface area contributed by atoms with E-state index in [1.807, 2.05) is 97.1 Å². The molecule has 1 spiro atoms. The van der Waals surface area contributed by atoms with Gasteiger partial charge in [-0.15, -0.1) is 0 Å². The van der Waals surface area contributed by atoms with Crippen molar-refractivity contribution in [3.8, 4) is 85.1 Å². The van der Waals surface area contributed by atoms with Gasteiger partial charge in [0.05, 0.1) is 17.0 Å². The van der Waals surface area contributed by atoms with Gasteiger partial charge in [0.25, 0.3) is 0 Å². The summed E-state index contributed by atoms with van der Waals surface area (Å²) in [6.45, 7) is 0. The molecule has 1 aromatic heterocycles. The number of ether oxygens (including phenoxy) is 1. The first kappa shape index (κ1) is 35.5. The molecule has 2 heterocycles. The van der Waals surface area contributed by atoms with E-state index in [9.17, 15) is 5.26 Å². The molecule has 0 bridgehead atoms. The number of nitrogens with zero attached hydrogens (tertiary/aromatic N) is 4. The van der Waals surface area contributed by atoms with Crippen molar-refractivity contribution in [1.29, 1.82) is 5.26 Å². The van der Waals surface area contributed by atoms with Gasteiger partial charge < -0.3 is 4.74 Å². The van der Waals surface area contributed by atoms with Crippen LogP contribution in [0.5, 0.6) is 11.5 Å². The van der Waals surface area contributed by atoms with E-state index >= 15 is 0 Å². The number of fused-ring (bicyclic) bond motifs is 10. The zero-order valence-corrected chi connectivity index (χ0v) is 33.3. The van der Waals surface area contributed by atoms with Gasteiger partial charge in [-0.05, 0) is 86.3 Å². The van der Waals surface area contributed by atoms with Gasteiger partial charge >= 0.3 is 0 Å². The second-order valence-corrected chi connectivity index (χ2v) is 15.8. The molecule has 12 rings (SSSR count). The average molecular weight is 791 g/mol. The third-order valence-electron chi connectivity index (χ3n) is 12.4. The number of hydrogen-bond donors (Lipinski definition) is 0. The van der Waals surface area contributed by atoms with Crippen molar-refractivity contribution >= 4 is 10.8 Å². The normalized spacial score (nSPS) is 12.8. The first-order valence-electron chi connectivity index (χ1n) is 20.7. The van der Waals surface area contributed by atoms with Gasteiger partial charge in [-0.1, -0.05) is 170 Å². The quantitative estimate of drug-likeness (QED) is 0.174. The minimum Gasteiger partial charge on any atom is -0.457 e. The van der Waals surface area contributed by atoms with Gasteiger partial charge in [0.1, 0.15) is 11.5 Å². The predicted molar refractivity (Wildman–Crippen MR) is 247 cm³/mol. The molecule has 62 heavy (non-hydrogen) atoms. The van der Waals surface area contributed by atoms with Gasteiger partial charge in [-0.3, -0.25) is 0 Å². The van der Waals surface area contributed by atoms with Crippen molar-refractivity contribution in [3.63, 3.8) is 0 Å². The lowest BCUT2D eigenvalue weighted by molar-refractivity contribution is 0.436. The first-order valence-corrected chi connectivity index (χ1v) is 20.7. The Hall–Kier alpha value is -8.46. The number of rotatable bonds is 5. The number of para-hydroxylation sites is 2. The largest absolute Gasteiger partial charge is 0.457 e. The summed E-state index contributed by atoms with van der Waals surface area (Å²) in [4.78, 5) is 15.0. The van der Waals surface area contributed by atoms with Crippen LogP contribution in [0.4, 0.5) is 0 Å². The molecule has 0 saturated carbocycles. The monoisotopic (exact) mass is 790 g/mol. The van der Waals surface area contributed by atoms with Crippen molar-refractivity contribution in [2.75, 3.05) is 0 Å². The van der Waals surface area contributed by atoms with E-state index in [1.54, 1.807) is 0 Å². The summed E-state index contributed by atoms with van der Waals surface area (Å²) in [5.74, 6) is 3.54. The molecule has 1 aliphatic carbocycles. The molecule has 0 radical (unpaired) electrons. The van der Waals surface area contributed by atoms with Crippen LogP contribution in [0.15, 0.2) is 206 Å². The fraction of sp³-hybridized carbons (Fsp3) is 0.0175. The standard InChI is InChI=1S/C57H34N4O/c58-35-42-28-29-44(45-21-8-7-20-43(42)45)40-27-31-47-46-30-26-39(33-50(46)57(51(47)34-40)48-22-9-11-24-52(48)62-53-25-12-10-23-49(53)57)38-18-13-19-41(32-38)56-60-54(36-14-3-1-4-15-36)59-55(61-56)37-16-5-2-6-17-37/h1-34H. The molecular formula is C57H34N4O. The molecule has 5 nitrogen and oxygen atoms in total. The van der Waals surface area contributed by atoms with Crippen molar-refractivity contribution in [1.82, 2.24) is 15.0 Å². The molecule has 0 unspecified atom stereocenters. The van der Waals surface area contributed by atoms with E-state index in [2.05, 4.69) is 115 Å². The Kier molecular flexibility index (Phi) is 8.06. The van der Waals surface area contributed by atoms with Crippen LogP contribution in [0, 0.1) is 11.3 Å². The van der Waals surface area contributed by atoms with Crippen LogP contribution in [0.3, 0.4) is 0 Å². The maximum atomic E-state index is 9.99. The second-order valence-electron chi connectivity index (χ2n) is 15.8. The Bertz CT molecular complexity index is 3360. The molecule has 0 atom stereocenters. The summed E-state index contributed by atoms with van der Waals surface area (Å²) in [6.07, 6.45) is 0. The zero-order chi connectivity index (χ0) is 41.2. The zero-order valence-electron chi connectivity index (χ0n) is 33.3. The van der Waals surface area contributed by atoms with Crippen LogP contribution < -0.4 is 4.74 Å². The van der Waals surface area contributed by atoms with E-state index in [0.717, 1.165) is 72.3 Å². The van der Waals surface area contributed by atoms with Gasteiger partial charge in [-0.2, -0.15) is 5.26 Å². The molecule has 10 aromatic rings. The van der Waals surface area contributed by atoms with E-state index in [0.29, 0.717) is 23.0 Å². The molecule has 288 valence electrons. The summed E-state index contributed by atoms with van der Waals surface area (Å²) in [7, 11) is 0. The third kappa shape index (κ3) is 5.44. The van der Waals surface area contributed by atoms with Crippen LogP contribution in [0.1, 0.15) is 27.8 Å². The SMILES string of the molecule is N#Cc1ccc(-c2ccc3c(c2)C2(c4ccccc4Oc4ccccc42)c2cc(-c4cccc(-c5nc(-c6ccccc6)nc(-c6ccccc6)n5)c4)ccc2-3)c2ccccc12. The van der Waals surface area contributed by atoms with Crippen LogP contribution in [-0.2, 0) is 5.41 Å². The predicted octanol–water partition coefficient (Wildman–Crippen LogP) is 13.7. The molecule has 0 N–H and O–H groups in total. The molecule has 0 amide bonds. The minimum atomic E-state index is -0.689. The lowest BCUT2D eigenvalue weighted by Gasteiger charge is -2.39. The van der Waals surface area contributed by atoms with E-state index in [4.69, 9.17) is 19.7 Å². The molecule has 5 heteroatoms. The molecule has 1 aliphatic heterocycles. The highest BCUT2D eigenvalue weighted by Gasteiger charge is 2.51. The number of aromatic nitrogens is 3. The van der Waals surface area contributed by atoms with Crippen molar-refractivity contribution in [2.45, 2.75) is 5.41 Å². The maximum absolute atomic E-state index is 9.99. The third-order valence-corrected chi connectivity index (χ3v) is 12.4. The Morgan fingerprint density at radius 3 is 1.45 bits per heavy atom. The summed E-state index contributed by atoms with van der Waals surface area (Å²) in [6, 6.07) is 74.0. The molecule has 2 aliphatic rings. The lowest BCUT2D eigenvalue weighted by Crippen LogP contribution is -2.32. The number of benzene rings is 9. The smallest absolute Gasteiger partial charge is 0.164 e. The fourth-order valence-electron chi connectivity index (χ4n) is 9.67. The van der Waals surface area contributed by atoms with Crippen molar-refractivity contribution in [2.24, 2.45) is 0 Å². The second kappa shape index (κ2) is 14.1. The van der Waals surface area contributed by atoms with Gasteiger partial charge in [0, 0.05) is 33.2 Å². The summed E-state index contributed by atoms with van der Waals surface area (Å²) >= 11 is 0. The molecule has 0 saturated heterocycles. The van der Waals surface area contributed by atoms with Crippen LogP contribution in [-0.4, -0.2) is 15.0 Å². The molecular weight excluding hydrogens is 757 g/mol. The van der Waals surface area contributed by atoms with Crippen LogP contribution in [0.25, 0.3) is 78.3 Å². The van der Waals surface area contributed by atoms with E-state index < -0.39 is 5.41 Å². The lowest BCUT2D eigenvalue weighted by atomic mass is 9.65. The number of nitriles is 1. The highest BCUT2D eigenvalue weighted by Crippen LogP contribution is 2.63. The van der Waals surface area contributed by atoms with Gasteiger partial charge in [0.2, 0.25) is 0 Å². The first-order chi connectivity index (χ1) is 30.7. The number of hydrogen-bond acceptors (Lipinski definition) is 5. The Morgan fingerprint density at radius 2 is 0.823 bits per heavy atom. The highest BCUT2D eigenvalue weighted by molar-refractivity contribution is 6.01. The summed E-state index contributed by atoms with van der Waals surface area (Å²) < 4.78 is 6.71. The summed E-state index contributed by atoms with van der Waals surface area (Å²) in [5.41, 5.74) is 14.0. The highest BCUT2D eigenvalue weighted by atomic mass is 16.5. The van der Waals surface area contributed by atoms with Gasteiger partial charge in [-0.25, -0.2) is 15.0 Å². The van der Waals surface area contributed by atoms with Crippen LogP contribution in [0.2, 0.25) is 0 Å². The minimum absolute atomic E-state index is 0.611. The molecule has 9 aromatic carbocycles. The average Bonchev–Trinajstić information content (AvgIpc) is 3.63. The Balaban J connectivity index is 1.06. The van der Waals surface area contributed by atoms with Crippen LogP contribution >= 0.6 is 0 Å².